The Balaban J connectivity index is 1.58. The van der Waals surface area contributed by atoms with Crippen LogP contribution in [0.3, 0.4) is 0 Å². The van der Waals surface area contributed by atoms with E-state index in [-0.39, 0.29) is 54.5 Å². The van der Waals surface area contributed by atoms with Crippen LogP contribution in [0.15, 0.2) is 108 Å². The number of hydrogen-bond acceptors (Lipinski definition) is 5. The first-order valence-electron chi connectivity index (χ1n) is 13.7. The number of aromatic nitrogens is 1. The normalized spacial score (nSPS) is 18.1. The lowest BCUT2D eigenvalue weighted by Gasteiger charge is -2.46. The van der Waals surface area contributed by atoms with E-state index >= 15 is 4.39 Å². The van der Waals surface area contributed by atoms with Gasteiger partial charge < -0.3 is 14.4 Å². The zero-order valence-electron chi connectivity index (χ0n) is 22.7. The number of ether oxygens (including phenoxy) is 2. The van der Waals surface area contributed by atoms with Crippen LogP contribution in [0.25, 0.3) is 0 Å². The minimum atomic E-state index is -0.559. The molecule has 0 saturated carbocycles. The van der Waals surface area contributed by atoms with Crippen LogP contribution in [0.2, 0.25) is 0 Å². The lowest BCUT2D eigenvalue weighted by molar-refractivity contribution is 0.0622. The lowest BCUT2D eigenvalue weighted by Crippen LogP contribution is -2.58. The van der Waals surface area contributed by atoms with Crippen molar-refractivity contribution in [1.29, 1.82) is 0 Å². The van der Waals surface area contributed by atoms with E-state index in [4.69, 9.17) is 9.47 Å². The van der Waals surface area contributed by atoms with Gasteiger partial charge in [0.25, 0.3) is 5.91 Å². The highest BCUT2D eigenvalue weighted by molar-refractivity contribution is 5.96. The van der Waals surface area contributed by atoms with Crippen molar-refractivity contribution in [3.8, 4) is 11.5 Å². The predicted molar refractivity (Wildman–Crippen MR) is 154 cm³/mol. The summed E-state index contributed by atoms with van der Waals surface area (Å²) in [6.07, 6.45) is 5.93. The summed E-state index contributed by atoms with van der Waals surface area (Å²) in [6.45, 7) is 2.45. The number of para-hydroxylation sites is 1. The number of fused-ring (bicyclic) bond motifs is 5. The van der Waals surface area contributed by atoms with Gasteiger partial charge in [0, 0.05) is 17.8 Å². The van der Waals surface area contributed by atoms with E-state index in [1.165, 1.54) is 12.1 Å². The molecule has 4 aromatic rings. The molecule has 1 amide bonds. The van der Waals surface area contributed by atoms with E-state index < -0.39 is 11.9 Å². The molecule has 0 spiro atoms. The Labute approximate surface area is 237 Å². The van der Waals surface area contributed by atoms with Gasteiger partial charge in [-0.3, -0.25) is 19.3 Å². The number of carbonyl (C=O) groups is 1. The summed E-state index contributed by atoms with van der Waals surface area (Å²) in [5.41, 5.74) is 2.08. The Morgan fingerprint density at radius 1 is 0.951 bits per heavy atom. The molecule has 2 aliphatic heterocycles. The van der Waals surface area contributed by atoms with Crippen LogP contribution < -0.4 is 19.9 Å². The van der Waals surface area contributed by atoms with Gasteiger partial charge in [-0.15, -0.1) is 0 Å². The molecule has 0 radical (unpaired) electrons. The summed E-state index contributed by atoms with van der Waals surface area (Å²) >= 11 is 0. The highest BCUT2D eigenvalue weighted by atomic mass is 19.1. The standard InChI is InChI=1S/C33H30FN3O4/c1-2-25-15-10-20-40-31-26(16-9-17-27(31)34)29(24-13-7-4-8-14-24)37-22-35(25)33(39)30-32(28(38)18-19-36(30)37)41-21-23-11-5-3-6-12-23/h3-19,25,29H,2,20-22H2,1H3. The molecular formula is C33H30FN3O4. The SMILES string of the molecule is CCC1C=CCOc2c(F)cccc2C(c2ccccc2)N2CN1C(=O)c1c(OCc3ccccc3)c(=O)ccn12. The molecule has 3 heterocycles. The molecule has 7 nitrogen and oxygen atoms in total. The monoisotopic (exact) mass is 551 g/mol. The van der Waals surface area contributed by atoms with Gasteiger partial charge in [0.15, 0.2) is 23.0 Å². The Hall–Kier alpha value is -4.85. The second-order valence-corrected chi connectivity index (χ2v) is 10.0. The molecule has 6 rings (SSSR count). The number of hydrogen-bond donors (Lipinski definition) is 0. The van der Waals surface area contributed by atoms with Gasteiger partial charge in [-0.2, -0.15) is 0 Å². The van der Waals surface area contributed by atoms with Crippen LogP contribution in [-0.2, 0) is 6.61 Å². The highest BCUT2D eigenvalue weighted by Gasteiger charge is 2.40. The van der Waals surface area contributed by atoms with Crippen molar-refractivity contribution in [3.63, 3.8) is 0 Å². The van der Waals surface area contributed by atoms with Crippen molar-refractivity contribution < 1.29 is 18.7 Å². The van der Waals surface area contributed by atoms with Crippen molar-refractivity contribution in [3.05, 3.63) is 142 Å². The summed E-state index contributed by atoms with van der Waals surface area (Å²) in [5, 5.41) is 1.96. The van der Waals surface area contributed by atoms with Crippen LogP contribution >= 0.6 is 0 Å². The molecule has 2 atom stereocenters. The van der Waals surface area contributed by atoms with Gasteiger partial charge in [0.1, 0.15) is 25.9 Å². The van der Waals surface area contributed by atoms with Crippen molar-refractivity contribution in [2.75, 3.05) is 18.3 Å². The number of nitrogens with zero attached hydrogens (tertiary/aromatic N) is 3. The number of amides is 1. The van der Waals surface area contributed by atoms with E-state index in [0.717, 1.165) is 11.1 Å². The van der Waals surface area contributed by atoms with E-state index in [0.29, 0.717) is 12.0 Å². The first-order valence-corrected chi connectivity index (χ1v) is 13.7. The van der Waals surface area contributed by atoms with Crippen molar-refractivity contribution in [2.45, 2.75) is 32.0 Å². The molecule has 1 aromatic heterocycles. The van der Waals surface area contributed by atoms with Gasteiger partial charge in [-0.05, 0) is 29.7 Å². The Bertz CT molecular complexity index is 1640. The fourth-order valence-electron chi connectivity index (χ4n) is 5.52. The maximum Gasteiger partial charge on any atom is 0.278 e. The van der Waals surface area contributed by atoms with Gasteiger partial charge in [-0.25, -0.2) is 4.39 Å². The summed E-state index contributed by atoms with van der Waals surface area (Å²) in [6, 6.07) is 24.6. The molecule has 208 valence electrons. The molecular weight excluding hydrogens is 521 g/mol. The third kappa shape index (κ3) is 4.97. The number of halogens is 1. The summed E-state index contributed by atoms with van der Waals surface area (Å²) in [7, 11) is 0. The molecule has 0 aliphatic carbocycles. The van der Waals surface area contributed by atoms with E-state index in [1.54, 1.807) is 21.8 Å². The smallest absolute Gasteiger partial charge is 0.278 e. The Morgan fingerprint density at radius 3 is 2.46 bits per heavy atom. The minimum absolute atomic E-state index is 0.0210. The molecule has 2 aliphatic rings. The largest absolute Gasteiger partial charge is 0.486 e. The lowest BCUT2D eigenvalue weighted by atomic mass is 9.96. The highest BCUT2D eigenvalue weighted by Crippen LogP contribution is 2.39. The fourth-order valence-corrected chi connectivity index (χ4v) is 5.52. The zero-order chi connectivity index (χ0) is 28.3. The number of rotatable bonds is 5. The molecule has 2 unspecified atom stereocenters. The van der Waals surface area contributed by atoms with Crippen LogP contribution in [0.5, 0.6) is 11.5 Å². The average molecular weight is 552 g/mol. The molecule has 3 aromatic carbocycles. The van der Waals surface area contributed by atoms with Gasteiger partial charge >= 0.3 is 0 Å². The number of carbonyl (C=O) groups excluding carboxylic acids is 1. The molecule has 41 heavy (non-hydrogen) atoms. The number of pyridine rings is 1. The Morgan fingerprint density at radius 2 is 1.71 bits per heavy atom. The summed E-state index contributed by atoms with van der Waals surface area (Å²) < 4.78 is 29.1. The van der Waals surface area contributed by atoms with Gasteiger partial charge in [0.2, 0.25) is 5.43 Å². The van der Waals surface area contributed by atoms with Crippen LogP contribution in [0.1, 0.15) is 46.6 Å². The van der Waals surface area contributed by atoms with E-state index in [9.17, 15) is 9.59 Å². The van der Waals surface area contributed by atoms with Crippen molar-refractivity contribution in [2.24, 2.45) is 0 Å². The molecule has 2 bridgehead atoms. The van der Waals surface area contributed by atoms with Gasteiger partial charge in [0.05, 0.1) is 6.04 Å². The maximum absolute atomic E-state index is 15.3. The maximum atomic E-state index is 15.3. The van der Waals surface area contributed by atoms with E-state index in [2.05, 4.69) is 0 Å². The van der Waals surface area contributed by atoms with Crippen molar-refractivity contribution in [1.82, 2.24) is 9.58 Å². The minimum Gasteiger partial charge on any atom is -0.486 e. The Kier molecular flexibility index (Phi) is 7.29. The molecule has 0 N–H and O–H groups in total. The molecule has 0 fully saturated rings. The summed E-state index contributed by atoms with van der Waals surface area (Å²) in [4.78, 5) is 29.2. The third-order valence-electron chi connectivity index (χ3n) is 7.50. The first-order chi connectivity index (χ1) is 20.1. The third-order valence-corrected chi connectivity index (χ3v) is 7.50. The zero-order valence-corrected chi connectivity index (χ0v) is 22.7. The second-order valence-electron chi connectivity index (χ2n) is 10.0. The topological polar surface area (TPSA) is 64.0 Å². The molecule has 8 heteroatoms. The van der Waals surface area contributed by atoms with Crippen molar-refractivity contribution >= 4 is 5.91 Å². The second kappa shape index (κ2) is 11.3. The summed E-state index contributed by atoms with van der Waals surface area (Å²) in [5.74, 6) is -0.662. The first kappa shape index (κ1) is 26.4. The fraction of sp³-hybridized carbons (Fsp3) is 0.212. The number of benzene rings is 3. The van der Waals surface area contributed by atoms with E-state index in [1.807, 2.05) is 90.8 Å². The van der Waals surface area contributed by atoms with Crippen LogP contribution in [0, 0.1) is 5.82 Å². The predicted octanol–water partition coefficient (Wildman–Crippen LogP) is 5.43. The quantitative estimate of drug-likeness (QED) is 0.310. The average Bonchev–Trinajstić information content (AvgIpc) is 3.02. The van der Waals surface area contributed by atoms with Crippen LogP contribution in [-0.4, -0.2) is 34.8 Å². The molecule has 0 saturated heterocycles. The van der Waals surface area contributed by atoms with Crippen LogP contribution in [0.4, 0.5) is 4.39 Å². The van der Waals surface area contributed by atoms with Gasteiger partial charge in [-0.1, -0.05) is 85.8 Å².